The summed E-state index contributed by atoms with van der Waals surface area (Å²) in [6.07, 6.45) is 3.92. The Morgan fingerprint density at radius 2 is 1.68 bits per heavy atom. The molecule has 0 spiro atoms. The van der Waals surface area contributed by atoms with Gasteiger partial charge in [0.25, 0.3) is 5.91 Å². The summed E-state index contributed by atoms with van der Waals surface area (Å²) < 4.78 is 16.6. The number of rotatable bonds is 12. The van der Waals surface area contributed by atoms with Crippen LogP contribution in [-0.4, -0.2) is 84.4 Å². The average molecular weight is 722 g/mol. The number of ketones is 1. The molecule has 1 unspecified atom stereocenters. The van der Waals surface area contributed by atoms with Crippen LogP contribution in [-0.2, 0) is 10.2 Å². The van der Waals surface area contributed by atoms with Gasteiger partial charge in [-0.15, -0.1) is 0 Å². The fourth-order valence-electron chi connectivity index (χ4n) is 7.17. The zero-order chi connectivity index (χ0) is 35.4. The maximum absolute atomic E-state index is 14.0. The predicted octanol–water partition coefficient (Wildman–Crippen LogP) is 7.36. The summed E-state index contributed by atoms with van der Waals surface area (Å²) in [4.78, 5) is 51.6. The van der Waals surface area contributed by atoms with Gasteiger partial charge in [-0.1, -0.05) is 48.3 Å². The van der Waals surface area contributed by atoms with Crippen molar-refractivity contribution >= 4 is 51.9 Å². The highest BCUT2D eigenvalue weighted by Gasteiger charge is 2.42. The molecule has 12 heteroatoms. The number of Topliss-reactive ketones (excluding diaryl/α,β-unsaturated/α-hetero) is 1. The topological polar surface area (TPSA) is 114 Å². The lowest BCUT2D eigenvalue weighted by atomic mass is 9.76. The second-order valence-corrected chi connectivity index (χ2v) is 14.0. The summed E-state index contributed by atoms with van der Waals surface area (Å²) in [6, 6.07) is 16.6. The lowest BCUT2D eigenvalue weighted by Gasteiger charge is -2.36. The van der Waals surface area contributed by atoms with E-state index in [1.807, 2.05) is 54.3 Å². The van der Waals surface area contributed by atoms with E-state index >= 15 is 0 Å². The van der Waals surface area contributed by atoms with Crippen molar-refractivity contribution in [2.75, 3.05) is 46.9 Å². The molecule has 1 N–H and O–H groups in total. The van der Waals surface area contributed by atoms with Gasteiger partial charge in [-0.3, -0.25) is 14.4 Å². The van der Waals surface area contributed by atoms with Crippen LogP contribution in [0.3, 0.4) is 0 Å². The van der Waals surface area contributed by atoms with Crippen LogP contribution in [0.5, 0.6) is 17.2 Å². The number of methoxy groups -OCH3 is 2. The van der Waals surface area contributed by atoms with E-state index in [0.29, 0.717) is 40.9 Å². The maximum Gasteiger partial charge on any atom is 0.311 e. The number of carbonyl (C=O) groups excluding carboxylic acids is 3. The molecule has 10 nitrogen and oxygen atoms in total. The molecule has 3 aromatic carbocycles. The van der Waals surface area contributed by atoms with Gasteiger partial charge in [0.05, 0.1) is 35.3 Å². The van der Waals surface area contributed by atoms with Crippen molar-refractivity contribution < 1.29 is 28.6 Å². The van der Waals surface area contributed by atoms with Gasteiger partial charge in [-0.25, -0.2) is 4.98 Å². The predicted molar refractivity (Wildman–Crippen MR) is 193 cm³/mol. The molecule has 2 saturated heterocycles. The SMILES string of the molecule is CCCC(=O)Oc1c(OC)cc(C(=O)N2CCC(CCN3CCC(C(=O)c4nc5ccccc5[nH]4)CC3)(c3ccc(Cl)c(Cl)c3)C2)cc1OC. The number of halogens is 2. The fraction of sp³-hybridized carbons (Fsp3) is 0.421. The number of para-hydroxylation sites is 2. The fourth-order valence-corrected chi connectivity index (χ4v) is 7.46. The number of esters is 1. The van der Waals surface area contributed by atoms with Crippen LogP contribution in [0.4, 0.5) is 0 Å². The number of amides is 1. The van der Waals surface area contributed by atoms with Crippen LogP contribution >= 0.6 is 23.2 Å². The Hall–Kier alpha value is -4.12. The van der Waals surface area contributed by atoms with Crippen LogP contribution in [0.15, 0.2) is 54.6 Å². The van der Waals surface area contributed by atoms with E-state index in [9.17, 15) is 14.4 Å². The van der Waals surface area contributed by atoms with E-state index in [2.05, 4.69) is 14.9 Å². The average Bonchev–Trinajstić information content (AvgIpc) is 3.77. The van der Waals surface area contributed by atoms with Crippen LogP contribution in [0.25, 0.3) is 11.0 Å². The summed E-state index contributed by atoms with van der Waals surface area (Å²) in [7, 11) is 2.92. The summed E-state index contributed by atoms with van der Waals surface area (Å²) >= 11 is 12.9. The monoisotopic (exact) mass is 720 g/mol. The Labute approximate surface area is 302 Å². The van der Waals surface area contributed by atoms with Gasteiger partial charge in [0, 0.05) is 36.4 Å². The van der Waals surface area contributed by atoms with Crippen LogP contribution in [0.1, 0.15) is 72.0 Å². The van der Waals surface area contributed by atoms with Crippen LogP contribution in [0, 0.1) is 5.92 Å². The highest BCUT2D eigenvalue weighted by molar-refractivity contribution is 6.42. The highest BCUT2D eigenvalue weighted by atomic mass is 35.5. The van der Waals surface area contributed by atoms with E-state index < -0.39 is 5.97 Å². The smallest absolute Gasteiger partial charge is 0.311 e. The lowest BCUT2D eigenvalue weighted by Crippen LogP contribution is -2.41. The molecule has 0 saturated carbocycles. The molecule has 3 heterocycles. The molecular weight excluding hydrogens is 679 g/mol. The molecule has 6 rings (SSSR count). The highest BCUT2D eigenvalue weighted by Crippen LogP contribution is 2.43. The van der Waals surface area contributed by atoms with Gasteiger partial charge >= 0.3 is 5.97 Å². The van der Waals surface area contributed by atoms with Gasteiger partial charge in [0.15, 0.2) is 17.3 Å². The number of imidazole rings is 1. The van der Waals surface area contributed by atoms with Crippen molar-refractivity contribution in [2.24, 2.45) is 5.92 Å². The molecule has 4 aromatic rings. The zero-order valence-corrected chi connectivity index (χ0v) is 30.1. The zero-order valence-electron chi connectivity index (χ0n) is 28.6. The quantitative estimate of drug-likeness (QED) is 0.0918. The van der Waals surface area contributed by atoms with Crippen molar-refractivity contribution in [1.82, 2.24) is 19.8 Å². The van der Waals surface area contributed by atoms with Crippen LogP contribution in [0.2, 0.25) is 10.0 Å². The molecule has 0 aliphatic carbocycles. The molecule has 0 radical (unpaired) electrons. The molecule has 0 bridgehead atoms. The van der Waals surface area contributed by atoms with E-state index in [1.165, 1.54) is 14.2 Å². The largest absolute Gasteiger partial charge is 0.493 e. The molecule has 50 heavy (non-hydrogen) atoms. The van der Waals surface area contributed by atoms with Crippen molar-refractivity contribution in [1.29, 1.82) is 0 Å². The van der Waals surface area contributed by atoms with Gasteiger partial charge in [0.1, 0.15) is 0 Å². The minimum Gasteiger partial charge on any atom is -0.493 e. The van der Waals surface area contributed by atoms with Crippen LogP contribution < -0.4 is 14.2 Å². The molecule has 264 valence electrons. The number of hydrogen-bond donors (Lipinski definition) is 1. The molecule has 1 aromatic heterocycles. The number of H-pyrrole nitrogens is 1. The number of likely N-dealkylation sites (tertiary alicyclic amines) is 2. The number of hydrogen-bond acceptors (Lipinski definition) is 8. The molecule has 2 aliphatic rings. The van der Waals surface area contributed by atoms with Gasteiger partial charge in [-0.05, 0) is 93.7 Å². The summed E-state index contributed by atoms with van der Waals surface area (Å²) in [5, 5.41) is 0.951. The van der Waals surface area contributed by atoms with Gasteiger partial charge < -0.3 is 29.0 Å². The Balaban J connectivity index is 1.16. The minimum atomic E-state index is -0.406. The van der Waals surface area contributed by atoms with Gasteiger partial charge in [-0.2, -0.15) is 0 Å². The minimum absolute atomic E-state index is 0.0680. The third kappa shape index (κ3) is 7.48. The first-order valence-corrected chi connectivity index (χ1v) is 17.8. The second-order valence-electron chi connectivity index (χ2n) is 13.2. The van der Waals surface area contributed by atoms with E-state index in [1.54, 1.807) is 12.1 Å². The number of ether oxygens (including phenoxy) is 3. The molecule has 2 fully saturated rings. The third-order valence-corrected chi connectivity index (χ3v) is 10.8. The molecule has 1 amide bonds. The Morgan fingerprint density at radius 1 is 0.960 bits per heavy atom. The number of benzene rings is 3. The van der Waals surface area contributed by atoms with Crippen molar-refractivity contribution in [3.8, 4) is 17.2 Å². The maximum atomic E-state index is 14.0. The van der Waals surface area contributed by atoms with Gasteiger partial charge in [0.2, 0.25) is 11.5 Å². The molecular formula is C38H42Cl2N4O6. The first-order chi connectivity index (χ1) is 24.1. The first-order valence-electron chi connectivity index (χ1n) is 17.1. The second kappa shape index (κ2) is 15.4. The van der Waals surface area contributed by atoms with Crippen molar-refractivity contribution in [2.45, 2.75) is 50.9 Å². The normalized spacial score (nSPS) is 18.4. The van der Waals surface area contributed by atoms with E-state index in [4.69, 9.17) is 37.4 Å². The number of aromatic amines is 1. The Morgan fingerprint density at radius 3 is 2.34 bits per heavy atom. The third-order valence-electron chi connectivity index (χ3n) is 10.0. The number of fused-ring (bicyclic) bond motifs is 1. The number of carbonyl (C=O) groups is 3. The Bertz CT molecular complexity index is 1830. The number of piperidine rings is 1. The molecule has 2 aliphatic heterocycles. The number of aromatic nitrogens is 2. The standard InChI is InChI=1S/C38H42Cl2N4O6/c1-4-7-33(45)50-35-31(48-2)20-25(21-32(35)49-3)37(47)44-19-15-38(23-44,26-10-11-27(39)28(40)22-26)14-18-43-16-12-24(13-17-43)34(46)36-41-29-8-5-6-9-30(29)42-36/h5-6,8-11,20-22,24H,4,7,12-19,23H2,1-3H3,(H,41,42). The molecule has 1 atom stereocenters. The Kier molecular flexibility index (Phi) is 11.0. The van der Waals surface area contributed by atoms with Crippen molar-refractivity contribution in [3.63, 3.8) is 0 Å². The first kappa shape index (κ1) is 35.7. The summed E-state index contributed by atoms with van der Waals surface area (Å²) in [5.74, 6) is 0.477. The van der Waals surface area contributed by atoms with E-state index in [0.717, 1.165) is 61.9 Å². The number of nitrogens with zero attached hydrogens (tertiary/aromatic N) is 3. The lowest BCUT2D eigenvalue weighted by molar-refractivity contribution is -0.134. The summed E-state index contributed by atoms with van der Waals surface area (Å²) in [6.45, 7) is 5.29. The number of nitrogens with one attached hydrogen (secondary N) is 1. The van der Waals surface area contributed by atoms with Crippen molar-refractivity contribution in [3.05, 3.63) is 81.6 Å². The summed E-state index contributed by atoms with van der Waals surface area (Å²) in [5.41, 5.74) is 2.70. The van der Waals surface area contributed by atoms with E-state index in [-0.39, 0.29) is 46.7 Å².